The zero-order chi connectivity index (χ0) is 13.9. The van der Waals surface area contributed by atoms with Crippen LogP contribution >= 0.6 is 46.4 Å². The van der Waals surface area contributed by atoms with Crippen LogP contribution in [0, 0.1) is 0 Å². The lowest BCUT2D eigenvalue weighted by atomic mass is 10.3. The highest BCUT2D eigenvalue weighted by Gasteiger charge is 2.15. The van der Waals surface area contributed by atoms with E-state index in [2.05, 4.69) is 5.32 Å². The Hall–Kier alpha value is -0.680. The van der Waals surface area contributed by atoms with Gasteiger partial charge < -0.3 is 5.32 Å². The first-order valence-corrected chi connectivity index (χ1v) is 6.28. The van der Waals surface area contributed by atoms with E-state index in [1.54, 1.807) is 0 Å². The van der Waals surface area contributed by atoms with Crippen molar-refractivity contribution in [1.29, 1.82) is 0 Å². The molecule has 0 spiro atoms. The summed E-state index contributed by atoms with van der Waals surface area (Å²) in [5.41, 5.74) is 0.162. The molecule has 0 aliphatic carbocycles. The summed E-state index contributed by atoms with van der Waals surface area (Å²) in [7, 11) is 0. The van der Waals surface area contributed by atoms with Crippen LogP contribution in [0.3, 0.4) is 0 Å². The van der Waals surface area contributed by atoms with Crippen LogP contribution in [0.4, 0.5) is 10.5 Å². The molecule has 1 aromatic rings. The lowest BCUT2D eigenvalue weighted by Crippen LogP contribution is -2.38. The first kappa shape index (κ1) is 15.4. The van der Waals surface area contributed by atoms with Gasteiger partial charge in [-0.15, -0.1) is 11.6 Å². The van der Waals surface area contributed by atoms with Crippen molar-refractivity contribution < 1.29 is 9.59 Å². The maximum atomic E-state index is 11.5. The first-order chi connectivity index (χ1) is 8.31. The van der Waals surface area contributed by atoms with Crippen molar-refractivity contribution >= 4 is 64.0 Å². The van der Waals surface area contributed by atoms with Crippen LogP contribution in [-0.4, -0.2) is 17.3 Å². The van der Waals surface area contributed by atoms with E-state index in [0.29, 0.717) is 5.02 Å². The van der Waals surface area contributed by atoms with Gasteiger partial charge in [-0.05, 0) is 19.1 Å². The van der Waals surface area contributed by atoms with Crippen molar-refractivity contribution in [2.75, 3.05) is 5.32 Å². The number of hydrogen-bond donors (Lipinski definition) is 2. The van der Waals surface area contributed by atoms with E-state index in [0.717, 1.165) is 0 Å². The van der Waals surface area contributed by atoms with E-state index in [9.17, 15) is 9.59 Å². The monoisotopic (exact) mass is 328 g/mol. The quantitative estimate of drug-likeness (QED) is 0.808. The Morgan fingerprint density at radius 1 is 1.17 bits per heavy atom. The van der Waals surface area contributed by atoms with Gasteiger partial charge in [0.15, 0.2) is 0 Å². The number of nitrogens with one attached hydrogen (secondary N) is 2. The smallest absolute Gasteiger partial charge is 0.305 e. The van der Waals surface area contributed by atoms with Gasteiger partial charge in [0.05, 0.1) is 15.7 Å². The zero-order valence-electron chi connectivity index (χ0n) is 9.06. The standard InChI is InChI=1S/C10H8Cl4N2O2/c1-4(11)9(17)16-10(18)15-8-6(13)2-5(12)3-7(8)14/h2-4H,1H3,(H2,15,16,17,18). The van der Waals surface area contributed by atoms with E-state index >= 15 is 0 Å². The third-order valence-corrected chi connectivity index (χ3v) is 2.86. The Labute approximate surface area is 124 Å². The summed E-state index contributed by atoms with van der Waals surface area (Å²) in [6.07, 6.45) is 0. The summed E-state index contributed by atoms with van der Waals surface area (Å²) >= 11 is 22.9. The summed E-state index contributed by atoms with van der Waals surface area (Å²) in [5.74, 6) is -0.629. The topological polar surface area (TPSA) is 58.2 Å². The van der Waals surface area contributed by atoms with Crippen molar-refractivity contribution in [3.63, 3.8) is 0 Å². The third-order valence-electron chi connectivity index (χ3n) is 1.84. The maximum Gasteiger partial charge on any atom is 0.326 e. The number of carbonyl (C=O) groups is 2. The highest BCUT2D eigenvalue weighted by molar-refractivity contribution is 6.42. The summed E-state index contributed by atoms with van der Waals surface area (Å²) < 4.78 is 0. The van der Waals surface area contributed by atoms with Crippen LogP contribution in [0.5, 0.6) is 0 Å². The lowest BCUT2D eigenvalue weighted by molar-refractivity contribution is -0.119. The van der Waals surface area contributed by atoms with Crippen LogP contribution in [0.15, 0.2) is 12.1 Å². The normalized spacial score (nSPS) is 11.8. The minimum Gasteiger partial charge on any atom is -0.305 e. The zero-order valence-corrected chi connectivity index (χ0v) is 12.1. The second kappa shape index (κ2) is 6.48. The van der Waals surface area contributed by atoms with Gasteiger partial charge in [-0.1, -0.05) is 34.8 Å². The van der Waals surface area contributed by atoms with Gasteiger partial charge in [0.1, 0.15) is 5.38 Å². The molecule has 3 amide bonds. The van der Waals surface area contributed by atoms with Crippen LogP contribution in [0.25, 0.3) is 0 Å². The van der Waals surface area contributed by atoms with E-state index in [1.807, 2.05) is 5.32 Å². The van der Waals surface area contributed by atoms with Crippen molar-refractivity contribution in [2.45, 2.75) is 12.3 Å². The SMILES string of the molecule is CC(Cl)C(=O)NC(=O)Nc1c(Cl)cc(Cl)cc1Cl. The van der Waals surface area contributed by atoms with E-state index in [-0.39, 0.29) is 15.7 Å². The molecule has 0 aromatic heterocycles. The van der Waals surface area contributed by atoms with Crippen molar-refractivity contribution in [1.82, 2.24) is 5.32 Å². The molecule has 18 heavy (non-hydrogen) atoms. The Bertz CT molecular complexity index is 468. The Kier molecular flexibility index (Phi) is 5.53. The number of halogens is 4. The second-order valence-corrected chi connectivity index (χ2v) is 5.21. The minimum atomic E-state index is -0.827. The largest absolute Gasteiger partial charge is 0.326 e. The molecule has 1 aromatic carbocycles. The van der Waals surface area contributed by atoms with Gasteiger partial charge >= 0.3 is 6.03 Å². The van der Waals surface area contributed by atoms with E-state index < -0.39 is 17.3 Å². The van der Waals surface area contributed by atoms with Crippen LogP contribution < -0.4 is 10.6 Å². The summed E-state index contributed by atoms with van der Waals surface area (Å²) in [6, 6.07) is 2.05. The molecule has 1 unspecified atom stereocenters. The first-order valence-electron chi connectivity index (χ1n) is 4.71. The average molecular weight is 330 g/mol. The molecule has 0 aliphatic heterocycles. The Balaban J connectivity index is 2.80. The van der Waals surface area contributed by atoms with Gasteiger partial charge in [0.25, 0.3) is 0 Å². The number of urea groups is 1. The van der Waals surface area contributed by atoms with Crippen LogP contribution in [-0.2, 0) is 4.79 Å². The van der Waals surface area contributed by atoms with E-state index in [1.165, 1.54) is 19.1 Å². The number of anilines is 1. The van der Waals surface area contributed by atoms with Gasteiger partial charge in [0, 0.05) is 5.02 Å². The van der Waals surface area contributed by atoms with Crippen LogP contribution in [0.2, 0.25) is 15.1 Å². The molecule has 0 saturated heterocycles. The average Bonchev–Trinajstić information content (AvgIpc) is 2.23. The number of hydrogen-bond acceptors (Lipinski definition) is 2. The molecule has 98 valence electrons. The molecule has 2 N–H and O–H groups in total. The fourth-order valence-corrected chi connectivity index (χ4v) is 1.98. The number of alkyl halides is 1. The molecule has 0 radical (unpaired) electrons. The van der Waals surface area contributed by atoms with Crippen molar-refractivity contribution in [3.05, 3.63) is 27.2 Å². The summed E-state index contributed by atoms with van der Waals surface area (Å²) in [4.78, 5) is 22.6. The summed E-state index contributed by atoms with van der Waals surface area (Å²) in [5, 5.41) is 4.20. The molecule has 0 aliphatic rings. The highest BCUT2D eigenvalue weighted by Crippen LogP contribution is 2.33. The number of carbonyl (C=O) groups excluding carboxylic acids is 2. The fraction of sp³-hybridized carbons (Fsp3) is 0.200. The summed E-state index contributed by atoms with van der Waals surface area (Å²) in [6.45, 7) is 1.44. The van der Waals surface area contributed by atoms with Crippen LogP contribution in [0.1, 0.15) is 6.92 Å². The Morgan fingerprint density at radius 3 is 2.11 bits per heavy atom. The molecule has 4 nitrogen and oxygen atoms in total. The van der Waals surface area contributed by atoms with Gasteiger partial charge in [-0.2, -0.15) is 0 Å². The van der Waals surface area contributed by atoms with Gasteiger partial charge in [0.2, 0.25) is 5.91 Å². The number of rotatable bonds is 2. The lowest BCUT2D eigenvalue weighted by Gasteiger charge is -2.10. The van der Waals surface area contributed by atoms with E-state index in [4.69, 9.17) is 46.4 Å². The Morgan fingerprint density at radius 2 is 1.67 bits per heavy atom. The molecule has 8 heteroatoms. The number of amides is 3. The molecule has 1 rings (SSSR count). The number of benzene rings is 1. The molecule has 1 atom stereocenters. The van der Waals surface area contributed by atoms with Gasteiger partial charge in [-0.3, -0.25) is 10.1 Å². The minimum absolute atomic E-state index is 0.161. The van der Waals surface area contributed by atoms with Gasteiger partial charge in [-0.25, -0.2) is 4.79 Å². The fourth-order valence-electron chi connectivity index (χ4n) is 1.02. The molecular weight excluding hydrogens is 322 g/mol. The molecule has 0 heterocycles. The third kappa shape index (κ3) is 4.21. The molecule has 0 saturated carbocycles. The molecular formula is C10H8Cl4N2O2. The predicted octanol–water partition coefficient (Wildman–Crippen LogP) is 3.92. The van der Waals surface area contributed by atoms with Crippen molar-refractivity contribution in [3.8, 4) is 0 Å². The molecule has 0 bridgehead atoms. The van der Waals surface area contributed by atoms with Crippen molar-refractivity contribution in [2.24, 2.45) is 0 Å². The molecule has 0 fully saturated rings. The number of imide groups is 1. The predicted molar refractivity (Wildman–Crippen MR) is 73.9 cm³/mol. The maximum absolute atomic E-state index is 11.5. The highest BCUT2D eigenvalue weighted by atomic mass is 35.5. The second-order valence-electron chi connectivity index (χ2n) is 3.30.